The van der Waals surface area contributed by atoms with Gasteiger partial charge in [-0.05, 0) is 38.5 Å². The van der Waals surface area contributed by atoms with Crippen LogP contribution in [0.3, 0.4) is 0 Å². The van der Waals surface area contributed by atoms with Crippen molar-refractivity contribution in [1.29, 1.82) is 0 Å². The lowest BCUT2D eigenvalue weighted by Crippen LogP contribution is -2.40. The molecule has 0 aromatic heterocycles. The van der Waals surface area contributed by atoms with E-state index >= 15 is 0 Å². The number of sulfonamides is 1. The van der Waals surface area contributed by atoms with E-state index in [0.717, 1.165) is 0 Å². The number of rotatable bonds is 3. The molecular formula is C12H18N2O4S. The lowest BCUT2D eigenvalue weighted by Gasteiger charge is -2.19. The highest BCUT2D eigenvalue weighted by molar-refractivity contribution is 7.89. The number of nitrogens with one attached hydrogen (secondary N) is 1. The lowest BCUT2D eigenvalue weighted by atomic mass is 10.1. The van der Waals surface area contributed by atoms with Crippen molar-refractivity contribution in [2.24, 2.45) is 5.14 Å². The van der Waals surface area contributed by atoms with Crippen LogP contribution in [-0.4, -0.2) is 20.0 Å². The van der Waals surface area contributed by atoms with E-state index in [0.29, 0.717) is 5.56 Å². The van der Waals surface area contributed by atoms with Crippen LogP contribution in [0.15, 0.2) is 29.2 Å². The first-order chi connectivity index (χ1) is 8.58. The Labute approximate surface area is 113 Å². The maximum atomic E-state index is 11.4. The predicted octanol–water partition coefficient (Wildman–Crippen LogP) is 1.36. The fraction of sp³-hybridized carbons (Fsp3) is 0.417. The Balaban J connectivity index is 2.58. The molecule has 1 amide bonds. The molecule has 0 unspecified atom stereocenters. The fourth-order valence-electron chi connectivity index (χ4n) is 1.27. The summed E-state index contributed by atoms with van der Waals surface area (Å²) in [6, 6.07) is 5.83. The van der Waals surface area contributed by atoms with Crippen molar-refractivity contribution in [2.45, 2.75) is 37.8 Å². The summed E-state index contributed by atoms with van der Waals surface area (Å²) in [5, 5.41) is 7.62. The molecule has 0 aliphatic carbocycles. The van der Waals surface area contributed by atoms with Gasteiger partial charge in [0.25, 0.3) is 0 Å². The molecule has 1 rings (SSSR count). The minimum absolute atomic E-state index is 0.0235. The van der Waals surface area contributed by atoms with Gasteiger partial charge in [0.05, 0.1) is 4.90 Å². The molecular weight excluding hydrogens is 268 g/mol. The van der Waals surface area contributed by atoms with E-state index in [2.05, 4.69) is 5.32 Å². The number of ether oxygens (including phenoxy) is 1. The Morgan fingerprint density at radius 2 is 1.79 bits per heavy atom. The highest BCUT2D eigenvalue weighted by Gasteiger charge is 2.14. The van der Waals surface area contributed by atoms with E-state index < -0.39 is 16.1 Å². The van der Waals surface area contributed by atoms with Crippen LogP contribution in [0.4, 0.5) is 4.79 Å². The Hall–Kier alpha value is -1.60. The average molecular weight is 286 g/mol. The first-order valence-electron chi connectivity index (χ1n) is 5.65. The summed E-state index contributed by atoms with van der Waals surface area (Å²) in [6.45, 7) is 5.59. The minimum atomic E-state index is -3.69. The van der Waals surface area contributed by atoms with Crippen molar-refractivity contribution in [3.63, 3.8) is 0 Å². The zero-order valence-electron chi connectivity index (χ0n) is 11.1. The number of primary sulfonamides is 1. The van der Waals surface area contributed by atoms with Crippen LogP contribution in [0, 0.1) is 0 Å². The summed E-state index contributed by atoms with van der Waals surface area (Å²) in [5.41, 5.74) is 0.311. The van der Waals surface area contributed by atoms with Gasteiger partial charge in [-0.15, -0.1) is 0 Å². The molecule has 0 aliphatic heterocycles. The van der Waals surface area contributed by atoms with Gasteiger partial charge in [-0.25, -0.2) is 18.4 Å². The molecule has 0 saturated carbocycles. The van der Waals surface area contributed by atoms with E-state index in [1.807, 2.05) is 20.8 Å². The van der Waals surface area contributed by atoms with Gasteiger partial charge in [0.2, 0.25) is 10.0 Å². The first-order valence-corrected chi connectivity index (χ1v) is 7.19. The van der Waals surface area contributed by atoms with Crippen LogP contribution in [0.1, 0.15) is 26.3 Å². The summed E-state index contributed by atoms with van der Waals surface area (Å²) >= 11 is 0. The molecule has 1 aromatic carbocycles. The van der Waals surface area contributed by atoms with Crippen molar-refractivity contribution in [2.75, 3.05) is 0 Å². The Kier molecular flexibility index (Phi) is 4.54. The number of nitrogens with two attached hydrogens (primary N) is 1. The van der Waals surface area contributed by atoms with Crippen molar-refractivity contribution in [3.8, 4) is 0 Å². The van der Waals surface area contributed by atoms with Gasteiger partial charge in [-0.1, -0.05) is 12.1 Å². The molecule has 0 heterocycles. The molecule has 0 radical (unpaired) electrons. The van der Waals surface area contributed by atoms with Gasteiger partial charge in [-0.2, -0.15) is 0 Å². The Morgan fingerprint density at radius 3 is 2.21 bits per heavy atom. The van der Waals surface area contributed by atoms with E-state index in [1.165, 1.54) is 12.1 Å². The summed E-state index contributed by atoms with van der Waals surface area (Å²) in [7, 11) is -3.69. The van der Waals surface area contributed by atoms with Crippen LogP contribution < -0.4 is 10.5 Å². The van der Waals surface area contributed by atoms with Gasteiger partial charge in [-0.3, -0.25) is 0 Å². The van der Waals surface area contributed by atoms with Crippen LogP contribution in [-0.2, 0) is 21.4 Å². The smallest absolute Gasteiger partial charge is 0.407 e. The Bertz CT molecular complexity index is 544. The monoisotopic (exact) mass is 286 g/mol. The van der Waals surface area contributed by atoms with E-state index in [9.17, 15) is 13.2 Å². The summed E-state index contributed by atoms with van der Waals surface area (Å²) in [6.07, 6.45) is -0.525. The fourth-order valence-corrected chi connectivity index (χ4v) is 1.78. The molecule has 0 spiro atoms. The highest BCUT2D eigenvalue weighted by Crippen LogP contribution is 2.10. The van der Waals surface area contributed by atoms with E-state index in [-0.39, 0.29) is 17.0 Å². The molecule has 106 valence electrons. The third kappa shape index (κ3) is 5.71. The second kappa shape index (κ2) is 5.58. The highest BCUT2D eigenvalue weighted by atomic mass is 32.2. The van der Waals surface area contributed by atoms with Crippen molar-refractivity contribution in [1.82, 2.24) is 5.32 Å². The second-order valence-corrected chi connectivity index (χ2v) is 6.70. The molecule has 0 aliphatic rings. The van der Waals surface area contributed by atoms with Crippen LogP contribution in [0.25, 0.3) is 0 Å². The molecule has 3 N–H and O–H groups in total. The van der Waals surface area contributed by atoms with Crippen LogP contribution in [0.5, 0.6) is 0 Å². The van der Waals surface area contributed by atoms with Gasteiger partial charge in [0, 0.05) is 5.54 Å². The second-order valence-electron chi connectivity index (χ2n) is 5.14. The molecule has 1 aromatic rings. The van der Waals surface area contributed by atoms with Crippen molar-refractivity contribution >= 4 is 16.1 Å². The first kappa shape index (κ1) is 15.5. The number of carbonyl (C=O) groups is 1. The van der Waals surface area contributed by atoms with E-state index in [1.54, 1.807) is 12.1 Å². The van der Waals surface area contributed by atoms with Gasteiger partial charge in [0.1, 0.15) is 6.61 Å². The zero-order chi connectivity index (χ0) is 14.7. The van der Waals surface area contributed by atoms with Crippen molar-refractivity contribution < 1.29 is 17.9 Å². The Morgan fingerprint density at radius 1 is 1.26 bits per heavy atom. The zero-order valence-corrected chi connectivity index (χ0v) is 12.0. The number of hydrogen-bond donors (Lipinski definition) is 2. The van der Waals surface area contributed by atoms with Gasteiger partial charge >= 0.3 is 6.09 Å². The minimum Gasteiger partial charge on any atom is -0.445 e. The predicted molar refractivity (Wildman–Crippen MR) is 70.9 cm³/mol. The maximum Gasteiger partial charge on any atom is 0.407 e. The SMILES string of the molecule is CC(C)(C)NC(=O)OCc1ccc(S(N)(=O)=O)cc1. The molecule has 7 heteroatoms. The summed E-state index contributed by atoms with van der Waals surface area (Å²) < 4.78 is 27.1. The largest absolute Gasteiger partial charge is 0.445 e. The molecule has 0 saturated heterocycles. The topological polar surface area (TPSA) is 98.5 Å². The van der Waals surface area contributed by atoms with Crippen LogP contribution >= 0.6 is 0 Å². The molecule has 6 nitrogen and oxygen atoms in total. The molecule has 0 fully saturated rings. The van der Waals surface area contributed by atoms with Crippen molar-refractivity contribution in [3.05, 3.63) is 29.8 Å². The third-order valence-electron chi connectivity index (χ3n) is 2.10. The summed E-state index contributed by atoms with van der Waals surface area (Å²) in [4.78, 5) is 11.4. The third-order valence-corrected chi connectivity index (χ3v) is 3.03. The molecule has 0 atom stereocenters. The standard InChI is InChI=1S/C12H18N2O4S/c1-12(2,3)14-11(15)18-8-9-4-6-10(7-5-9)19(13,16)17/h4-7H,8H2,1-3H3,(H,14,15)(H2,13,16,17). The quantitative estimate of drug-likeness (QED) is 0.876. The lowest BCUT2D eigenvalue weighted by molar-refractivity contribution is 0.131. The molecule has 19 heavy (non-hydrogen) atoms. The number of alkyl carbamates (subject to hydrolysis) is 1. The molecule has 0 bridgehead atoms. The number of benzene rings is 1. The maximum absolute atomic E-state index is 11.4. The van der Waals surface area contributed by atoms with Gasteiger partial charge in [0.15, 0.2) is 0 Å². The average Bonchev–Trinajstić information content (AvgIpc) is 2.23. The number of hydrogen-bond acceptors (Lipinski definition) is 4. The van der Waals surface area contributed by atoms with Crippen LogP contribution in [0.2, 0.25) is 0 Å². The number of amides is 1. The number of carbonyl (C=O) groups excluding carboxylic acids is 1. The normalized spacial score (nSPS) is 12.0. The van der Waals surface area contributed by atoms with Gasteiger partial charge < -0.3 is 10.1 Å². The van der Waals surface area contributed by atoms with E-state index in [4.69, 9.17) is 9.88 Å². The summed E-state index contributed by atoms with van der Waals surface area (Å²) in [5.74, 6) is 0.